The first kappa shape index (κ1) is 18.5. The Kier molecular flexibility index (Phi) is 5.77. The van der Waals surface area contributed by atoms with Gasteiger partial charge in [0.2, 0.25) is 0 Å². The van der Waals surface area contributed by atoms with Gasteiger partial charge < -0.3 is 14.2 Å². The molecule has 0 saturated heterocycles. The lowest BCUT2D eigenvalue weighted by Gasteiger charge is -2.14. The van der Waals surface area contributed by atoms with Crippen LogP contribution in [0.3, 0.4) is 0 Å². The van der Waals surface area contributed by atoms with Gasteiger partial charge in [0.1, 0.15) is 11.4 Å². The summed E-state index contributed by atoms with van der Waals surface area (Å²) in [4.78, 5) is 5.36. The van der Waals surface area contributed by atoms with Crippen molar-refractivity contribution in [2.45, 2.75) is 6.92 Å². The van der Waals surface area contributed by atoms with Crippen molar-refractivity contribution in [1.29, 1.82) is 0 Å². The van der Waals surface area contributed by atoms with Gasteiger partial charge in [-0.25, -0.2) is 4.68 Å². The quantitative estimate of drug-likeness (QED) is 0.609. The fourth-order valence-corrected chi connectivity index (χ4v) is 2.59. The molecule has 1 aromatic heterocycles. The van der Waals surface area contributed by atoms with Gasteiger partial charge in [0, 0.05) is 17.7 Å². The number of ether oxygens (including phenoxy) is 3. The van der Waals surface area contributed by atoms with E-state index in [9.17, 15) is 0 Å². The Bertz CT molecular complexity index is 910. The van der Waals surface area contributed by atoms with Gasteiger partial charge in [0.25, 0.3) is 0 Å². The van der Waals surface area contributed by atoms with E-state index in [0.717, 1.165) is 17.0 Å². The molecule has 0 spiro atoms. The molecular formula is C19H22N4O4. The lowest BCUT2D eigenvalue weighted by Crippen LogP contribution is -2.03. The predicted octanol–water partition coefficient (Wildman–Crippen LogP) is 3.32. The molecule has 0 bridgehead atoms. The molecule has 2 aromatic carbocycles. The van der Waals surface area contributed by atoms with Crippen LogP contribution in [0.1, 0.15) is 6.92 Å². The maximum Gasteiger partial charge on any atom is 0.162 e. The summed E-state index contributed by atoms with van der Waals surface area (Å²) in [6.45, 7) is 2.40. The van der Waals surface area contributed by atoms with E-state index in [1.54, 1.807) is 32.1 Å². The lowest BCUT2D eigenvalue weighted by atomic mass is 10.1. The van der Waals surface area contributed by atoms with Crippen molar-refractivity contribution in [2.75, 3.05) is 33.4 Å². The second kappa shape index (κ2) is 8.41. The van der Waals surface area contributed by atoms with E-state index in [1.807, 2.05) is 43.5 Å². The molecule has 0 atom stereocenters. The van der Waals surface area contributed by atoms with Crippen molar-refractivity contribution >= 4 is 5.69 Å². The summed E-state index contributed by atoms with van der Waals surface area (Å²) in [7, 11) is 4.80. The SMILES string of the molecule is CCONc1cc(OC)c(OC)cc1-c1cn(-c2cccc(OC)c2)nn1. The minimum atomic E-state index is 0.504. The molecule has 1 heterocycles. The second-order valence-corrected chi connectivity index (χ2v) is 5.54. The van der Waals surface area contributed by atoms with Crippen LogP contribution in [-0.2, 0) is 4.84 Å². The van der Waals surface area contributed by atoms with Gasteiger partial charge in [-0.15, -0.1) is 5.10 Å². The largest absolute Gasteiger partial charge is 0.497 e. The van der Waals surface area contributed by atoms with E-state index < -0.39 is 0 Å². The van der Waals surface area contributed by atoms with Crippen LogP contribution in [0.2, 0.25) is 0 Å². The smallest absolute Gasteiger partial charge is 0.162 e. The number of aromatic nitrogens is 3. The Labute approximate surface area is 157 Å². The van der Waals surface area contributed by atoms with Crippen LogP contribution in [0.25, 0.3) is 16.9 Å². The van der Waals surface area contributed by atoms with Crippen molar-refractivity contribution < 1.29 is 19.0 Å². The molecule has 1 N–H and O–H groups in total. The molecule has 8 heteroatoms. The zero-order valence-corrected chi connectivity index (χ0v) is 15.7. The molecule has 0 aliphatic rings. The summed E-state index contributed by atoms with van der Waals surface area (Å²) >= 11 is 0. The van der Waals surface area contributed by atoms with Gasteiger partial charge in [-0.3, -0.25) is 10.3 Å². The molecule has 27 heavy (non-hydrogen) atoms. The van der Waals surface area contributed by atoms with Gasteiger partial charge in [-0.2, -0.15) is 0 Å². The van der Waals surface area contributed by atoms with E-state index in [1.165, 1.54) is 0 Å². The summed E-state index contributed by atoms with van der Waals surface area (Å²) in [6, 6.07) is 11.2. The van der Waals surface area contributed by atoms with Crippen LogP contribution in [0, 0.1) is 0 Å². The van der Waals surface area contributed by atoms with Gasteiger partial charge in [-0.1, -0.05) is 11.3 Å². The monoisotopic (exact) mass is 370 g/mol. The first-order chi connectivity index (χ1) is 13.2. The highest BCUT2D eigenvalue weighted by atomic mass is 16.6. The molecule has 0 radical (unpaired) electrons. The van der Waals surface area contributed by atoms with E-state index in [2.05, 4.69) is 15.8 Å². The number of benzene rings is 2. The highest BCUT2D eigenvalue weighted by molar-refractivity contribution is 5.78. The molecular weight excluding hydrogens is 348 g/mol. The number of nitrogens with one attached hydrogen (secondary N) is 1. The molecule has 0 aliphatic carbocycles. The molecule has 8 nitrogen and oxygen atoms in total. The van der Waals surface area contributed by atoms with Crippen molar-refractivity contribution in [3.05, 3.63) is 42.6 Å². The molecule has 0 aliphatic heterocycles. The maximum absolute atomic E-state index is 5.41. The number of hydrogen-bond donors (Lipinski definition) is 1. The zero-order chi connectivity index (χ0) is 19.2. The second-order valence-electron chi connectivity index (χ2n) is 5.54. The Morgan fingerprint density at radius 1 is 1.00 bits per heavy atom. The van der Waals surface area contributed by atoms with E-state index in [0.29, 0.717) is 29.5 Å². The topological polar surface area (TPSA) is 79.7 Å². The minimum Gasteiger partial charge on any atom is -0.497 e. The van der Waals surface area contributed by atoms with Crippen LogP contribution in [-0.4, -0.2) is 42.9 Å². The first-order valence-electron chi connectivity index (χ1n) is 8.41. The van der Waals surface area contributed by atoms with Gasteiger partial charge in [-0.05, 0) is 25.1 Å². The third-order valence-electron chi connectivity index (χ3n) is 3.94. The normalized spacial score (nSPS) is 10.5. The van der Waals surface area contributed by atoms with Crippen molar-refractivity contribution in [3.63, 3.8) is 0 Å². The third kappa shape index (κ3) is 3.95. The molecule has 0 amide bonds. The fourth-order valence-electron chi connectivity index (χ4n) is 2.59. The standard InChI is InChI=1S/C19H22N4O4/c1-5-27-21-16-11-19(26-4)18(25-3)10-15(16)17-12-23(22-20-17)13-7-6-8-14(9-13)24-2/h6-12,21H,5H2,1-4H3. The Hall–Kier alpha value is -3.26. The Morgan fingerprint density at radius 2 is 1.78 bits per heavy atom. The van der Waals surface area contributed by atoms with Crippen molar-refractivity contribution in [2.24, 2.45) is 0 Å². The summed E-state index contributed by atoms with van der Waals surface area (Å²) in [6.07, 6.45) is 1.83. The van der Waals surface area contributed by atoms with Crippen molar-refractivity contribution in [1.82, 2.24) is 15.0 Å². The summed E-state index contributed by atoms with van der Waals surface area (Å²) in [5.41, 5.74) is 5.89. The minimum absolute atomic E-state index is 0.504. The summed E-state index contributed by atoms with van der Waals surface area (Å²) in [5, 5.41) is 8.53. The van der Waals surface area contributed by atoms with Gasteiger partial charge in [0.05, 0.1) is 45.5 Å². The predicted molar refractivity (Wildman–Crippen MR) is 102 cm³/mol. The first-order valence-corrected chi connectivity index (χ1v) is 8.41. The number of rotatable bonds is 8. The number of methoxy groups -OCH3 is 3. The average molecular weight is 370 g/mol. The molecule has 0 fully saturated rings. The average Bonchev–Trinajstić information content (AvgIpc) is 3.21. The number of hydrogen-bond acceptors (Lipinski definition) is 7. The molecule has 142 valence electrons. The van der Waals surface area contributed by atoms with E-state index in [4.69, 9.17) is 19.0 Å². The highest BCUT2D eigenvalue weighted by Crippen LogP contribution is 2.38. The Morgan fingerprint density at radius 3 is 2.48 bits per heavy atom. The van der Waals surface area contributed by atoms with Gasteiger partial charge >= 0.3 is 0 Å². The highest BCUT2D eigenvalue weighted by Gasteiger charge is 2.16. The van der Waals surface area contributed by atoms with Crippen LogP contribution in [0.15, 0.2) is 42.6 Å². The summed E-state index contributed by atoms with van der Waals surface area (Å²) < 4.78 is 17.7. The Balaban J connectivity index is 2.03. The third-order valence-corrected chi connectivity index (χ3v) is 3.94. The zero-order valence-electron chi connectivity index (χ0n) is 15.7. The lowest BCUT2D eigenvalue weighted by molar-refractivity contribution is 0.210. The molecule has 3 aromatic rings. The number of nitrogens with zero attached hydrogens (tertiary/aromatic N) is 3. The van der Waals surface area contributed by atoms with Crippen molar-refractivity contribution in [3.8, 4) is 34.2 Å². The molecule has 3 rings (SSSR count). The van der Waals surface area contributed by atoms with Crippen LogP contribution in [0.5, 0.6) is 17.2 Å². The van der Waals surface area contributed by atoms with Crippen LogP contribution < -0.4 is 19.7 Å². The molecule has 0 unspecified atom stereocenters. The summed E-state index contributed by atoms with van der Waals surface area (Å²) in [5.74, 6) is 1.92. The number of anilines is 1. The molecule has 0 saturated carbocycles. The van der Waals surface area contributed by atoms with E-state index >= 15 is 0 Å². The maximum atomic E-state index is 5.41. The fraction of sp³-hybridized carbons (Fsp3) is 0.263. The van der Waals surface area contributed by atoms with Crippen LogP contribution in [0.4, 0.5) is 5.69 Å². The van der Waals surface area contributed by atoms with Gasteiger partial charge in [0.15, 0.2) is 11.5 Å². The van der Waals surface area contributed by atoms with Crippen LogP contribution >= 0.6 is 0 Å². The van der Waals surface area contributed by atoms with E-state index in [-0.39, 0.29) is 0 Å².